The van der Waals surface area contributed by atoms with Crippen molar-refractivity contribution in [3.8, 4) is 0 Å². The number of fused-ring (bicyclic) bond motifs is 1. The molecule has 2 fully saturated rings. The van der Waals surface area contributed by atoms with E-state index in [0.29, 0.717) is 17.3 Å². The van der Waals surface area contributed by atoms with Crippen LogP contribution < -0.4 is 5.32 Å². The molecule has 2 aliphatic rings. The Hall–Kier alpha value is -1.91. The molecule has 0 bridgehead atoms. The van der Waals surface area contributed by atoms with E-state index in [1.165, 1.54) is 12.8 Å². The molecule has 0 spiro atoms. The quantitative estimate of drug-likeness (QED) is 0.881. The van der Waals surface area contributed by atoms with Gasteiger partial charge in [-0.1, -0.05) is 0 Å². The van der Waals surface area contributed by atoms with Gasteiger partial charge < -0.3 is 5.32 Å². The Labute approximate surface area is 104 Å². The van der Waals surface area contributed by atoms with E-state index < -0.39 is 0 Å². The Morgan fingerprint density at radius 3 is 3.17 bits per heavy atom. The van der Waals surface area contributed by atoms with Crippen molar-refractivity contribution in [1.29, 1.82) is 0 Å². The predicted octanol–water partition coefficient (Wildman–Crippen LogP) is 1.26. The van der Waals surface area contributed by atoms with Gasteiger partial charge in [0.15, 0.2) is 5.65 Å². The highest BCUT2D eigenvalue weighted by molar-refractivity contribution is 5.99. The second kappa shape index (κ2) is 3.54. The Bertz CT molecular complexity index is 616. The number of aromatic nitrogens is 3. The highest BCUT2D eigenvalue weighted by Gasteiger charge is 2.48. The first-order chi connectivity index (χ1) is 8.83. The van der Waals surface area contributed by atoms with Crippen molar-refractivity contribution < 1.29 is 4.79 Å². The number of amides is 1. The maximum atomic E-state index is 12.2. The molecule has 5 nitrogen and oxygen atoms in total. The number of nitrogens with zero attached hydrogens (tertiary/aromatic N) is 3. The number of hydrogen-bond donors (Lipinski definition) is 1. The molecule has 1 amide bonds. The third-order valence-corrected chi connectivity index (χ3v) is 3.91. The van der Waals surface area contributed by atoms with Gasteiger partial charge in [-0.3, -0.25) is 4.79 Å². The van der Waals surface area contributed by atoms with Crippen LogP contribution in [0, 0.1) is 11.8 Å². The molecular weight excluding hydrogens is 228 g/mol. The Kier molecular flexibility index (Phi) is 1.98. The average Bonchev–Trinajstić information content (AvgIpc) is 3.27. The molecule has 2 saturated carbocycles. The summed E-state index contributed by atoms with van der Waals surface area (Å²) in [6.45, 7) is 0. The van der Waals surface area contributed by atoms with Crippen LogP contribution in [0.4, 0.5) is 0 Å². The Morgan fingerprint density at radius 1 is 1.44 bits per heavy atom. The molecule has 0 aromatic carbocycles. The summed E-state index contributed by atoms with van der Waals surface area (Å²) in [6.07, 6.45) is 8.89. The van der Waals surface area contributed by atoms with Crippen LogP contribution in [-0.2, 0) is 0 Å². The second-order valence-corrected chi connectivity index (χ2v) is 5.26. The van der Waals surface area contributed by atoms with Crippen LogP contribution in [0.25, 0.3) is 5.65 Å². The van der Waals surface area contributed by atoms with E-state index in [4.69, 9.17) is 0 Å². The summed E-state index contributed by atoms with van der Waals surface area (Å²) in [5.74, 6) is 1.55. The molecule has 5 heteroatoms. The van der Waals surface area contributed by atoms with Crippen LogP contribution in [-0.4, -0.2) is 26.5 Å². The zero-order chi connectivity index (χ0) is 12.1. The molecule has 18 heavy (non-hydrogen) atoms. The minimum Gasteiger partial charge on any atom is -0.349 e. The first-order valence-corrected chi connectivity index (χ1v) is 6.42. The fraction of sp³-hybridized carbons (Fsp3) is 0.462. The SMILES string of the molecule is O=C(N[C@@H]1C[C@H]1C1CC1)c1cnn2cccnc12. The van der Waals surface area contributed by atoms with E-state index in [9.17, 15) is 4.79 Å². The first-order valence-electron chi connectivity index (χ1n) is 6.42. The van der Waals surface area contributed by atoms with Gasteiger partial charge >= 0.3 is 0 Å². The molecular formula is C13H14N4O. The molecule has 2 aliphatic carbocycles. The number of rotatable bonds is 3. The van der Waals surface area contributed by atoms with Crippen LogP contribution in [0.1, 0.15) is 29.6 Å². The molecule has 4 rings (SSSR count). The smallest absolute Gasteiger partial charge is 0.256 e. The summed E-state index contributed by atoms with van der Waals surface area (Å²) in [4.78, 5) is 16.4. The molecule has 0 unspecified atom stereocenters. The monoisotopic (exact) mass is 242 g/mol. The van der Waals surface area contributed by atoms with E-state index in [-0.39, 0.29) is 5.91 Å². The fourth-order valence-corrected chi connectivity index (χ4v) is 2.66. The normalized spacial score (nSPS) is 26.2. The molecule has 92 valence electrons. The largest absolute Gasteiger partial charge is 0.349 e. The molecule has 0 radical (unpaired) electrons. The van der Waals surface area contributed by atoms with Gasteiger partial charge in [0.05, 0.1) is 6.20 Å². The number of hydrogen-bond acceptors (Lipinski definition) is 3. The van der Waals surface area contributed by atoms with Gasteiger partial charge in [0, 0.05) is 18.4 Å². The van der Waals surface area contributed by atoms with Crippen molar-refractivity contribution in [2.75, 3.05) is 0 Å². The van der Waals surface area contributed by atoms with E-state index in [1.54, 1.807) is 29.2 Å². The van der Waals surface area contributed by atoms with Gasteiger partial charge in [-0.25, -0.2) is 9.50 Å². The van der Waals surface area contributed by atoms with Gasteiger partial charge in [0.1, 0.15) is 5.56 Å². The summed E-state index contributed by atoms with van der Waals surface area (Å²) in [6, 6.07) is 2.18. The summed E-state index contributed by atoms with van der Waals surface area (Å²) >= 11 is 0. The summed E-state index contributed by atoms with van der Waals surface area (Å²) in [5.41, 5.74) is 1.19. The van der Waals surface area contributed by atoms with Gasteiger partial charge in [-0.05, 0) is 37.2 Å². The van der Waals surface area contributed by atoms with E-state index in [0.717, 1.165) is 18.3 Å². The fourth-order valence-electron chi connectivity index (χ4n) is 2.66. The number of carbonyl (C=O) groups is 1. The highest BCUT2D eigenvalue weighted by Crippen LogP contribution is 2.50. The summed E-state index contributed by atoms with van der Waals surface area (Å²) < 4.78 is 1.63. The van der Waals surface area contributed by atoms with E-state index in [2.05, 4.69) is 15.4 Å². The maximum Gasteiger partial charge on any atom is 0.256 e. The van der Waals surface area contributed by atoms with Crippen molar-refractivity contribution in [2.24, 2.45) is 11.8 Å². The summed E-state index contributed by atoms with van der Waals surface area (Å²) in [5, 5.41) is 7.21. The number of nitrogens with one attached hydrogen (secondary N) is 1. The van der Waals surface area contributed by atoms with E-state index in [1.807, 2.05) is 0 Å². The minimum atomic E-state index is -0.0446. The predicted molar refractivity (Wildman–Crippen MR) is 65.1 cm³/mol. The highest BCUT2D eigenvalue weighted by atomic mass is 16.1. The lowest BCUT2D eigenvalue weighted by Crippen LogP contribution is -2.27. The lowest BCUT2D eigenvalue weighted by atomic mass is 10.2. The first kappa shape index (κ1) is 10.1. The Balaban J connectivity index is 1.53. The molecule has 0 aliphatic heterocycles. The second-order valence-electron chi connectivity index (χ2n) is 5.26. The van der Waals surface area contributed by atoms with E-state index >= 15 is 0 Å². The maximum absolute atomic E-state index is 12.2. The van der Waals surface area contributed by atoms with Crippen molar-refractivity contribution >= 4 is 11.6 Å². The molecule has 2 aromatic rings. The van der Waals surface area contributed by atoms with Crippen LogP contribution >= 0.6 is 0 Å². The average molecular weight is 242 g/mol. The third-order valence-electron chi connectivity index (χ3n) is 3.91. The molecule has 1 N–H and O–H groups in total. The molecule has 2 aromatic heterocycles. The minimum absolute atomic E-state index is 0.0446. The third kappa shape index (κ3) is 1.58. The number of carbonyl (C=O) groups excluding carboxylic acids is 1. The zero-order valence-corrected chi connectivity index (χ0v) is 9.91. The van der Waals surface area contributed by atoms with Crippen LogP contribution in [0.3, 0.4) is 0 Å². The van der Waals surface area contributed by atoms with Gasteiger partial charge in [-0.2, -0.15) is 5.10 Å². The topological polar surface area (TPSA) is 59.3 Å². The van der Waals surface area contributed by atoms with Gasteiger partial charge in [0.25, 0.3) is 5.91 Å². The van der Waals surface area contributed by atoms with Gasteiger partial charge in [-0.15, -0.1) is 0 Å². The molecule has 2 heterocycles. The van der Waals surface area contributed by atoms with Gasteiger partial charge in [0.2, 0.25) is 0 Å². The van der Waals surface area contributed by atoms with Crippen molar-refractivity contribution in [3.63, 3.8) is 0 Å². The Morgan fingerprint density at radius 2 is 2.33 bits per heavy atom. The summed E-state index contributed by atoms with van der Waals surface area (Å²) in [7, 11) is 0. The van der Waals surface area contributed by atoms with Crippen LogP contribution in [0.5, 0.6) is 0 Å². The standard InChI is InChI=1S/C13H14N4O/c18-13(16-11-6-9(11)8-2-3-8)10-7-15-17-5-1-4-14-12(10)17/h1,4-5,7-9,11H,2-3,6H2,(H,16,18)/t9-,11+/m0/s1. The molecule has 0 saturated heterocycles. The van der Waals surface area contributed by atoms with Crippen molar-refractivity contribution in [3.05, 3.63) is 30.2 Å². The van der Waals surface area contributed by atoms with Crippen LogP contribution in [0.2, 0.25) is 0 Å². The van der Waals surface area contributed by atoms with Crippen molar-refractivity contribution in [2.45, 2.75) is 25.3 Å². The lowest BCUT2D eigenvalue weighted by molar-refractivity contribution is 0.0950. The zero-order valence-electron chi connectivity index (χ0n) is 9.91. The lowest BCUT2D eigenvalue weighted by Gasteiger charge is -2.02. The van der Waals surface area contributed by atoms with Crippen molar-refractivity contribution in [1.82, 2.24) is 19.9 Å². The van der Waals surface area contributed by atoms with Crippen LogP contribution in [0.15, 0.2) is 24.7 Å². The molecule has 2 atom stereocenters.